The number of anilines is 1. The van der Waals surface area contributed by atoms with E-state index in [0.717, 1.165) is 10.2 Å². The number of amides is 2. The Hall–Kier alpha value is -1.56. The minimum atomic E-state index is -1.08. The quantitative estimate of drug-likeness (QED) is 0.822. The summed E-state index contributed by atoms with van der Waals surface area (Å²) in [5.41, 5.74) is 0.403. The first kappa shape index (κ1) is 16.8. The van der Waals surface area contributed by atoms with Crippen molar-refractivity contribution in [2.45, 2.75) is 32.7 Å². The summed E-state index contributed by atoms with van der Waals surface area (Å²) in [4.78, 5) is 27.1. The van der Waals surface area contributed by atoms with Crippen molar-refractivity contribution in [1.29, 1.82) is 0 Å². The Balaban J connectivity index is 2.31. The maximum Gasteiger partial charge on any atom is 0.324 e. The van der Waals surface area contributed by atoms with Crippen molar-refractivity contribution in [2.24, 2.45) is 5.92 Å². The minimum absolute atomic E-state index is 0.0487. The summed E-state index contributed by atoms with van der Waals surface area (Å²) >= 11 is 3.37. The highest BCUT2D eigenvalue weighted by atomic mass is 79.9. The van der Waals surface area contributed by atoms with Gasteiger partial charge in [0.05, 0.1) is 0 Å². The molecule has 1 aromatic carbocycles. The fraction of sp³-hybridized carbons (Fsp3) is 0.500. The summed E-state index contributed by atoms with van der Waals surface area (Å²) in [5, 5.41) is 11.0. The molecule has 1 aliphatic heterocycles. The zero-order chi connectivity index (χ0) is 16.5. The van der Waals surface area contributed by atoms with Crippen LogP contribution in [0.3, 0.4) is 0 Å². The van der Waals surface area contributed by atoms with E-state index in [1.54, 1.807) is 9.80 Å². The minimum Gasteiger partial charge on any atom is -0.550 e. The molecule has 1 aromatic rings. The topological polar surface area (TPSA) is 63.7 Å². The average molecular weight is 368 g/mol. The van der Waals surface area contributed by atoms with E-state index in [-0.39, 0.29) is 23.9 Å². The number of nitrogens with zero attached hydrogens (tertiary/aromatic N) is 2. The molecule has 22 heavy (non-hydrogen) atoms. The smallest absolute Gasteiger partial charge is 0.324 e. The summed E-state index contributed by atoms with van der Waals surface area (Å²) in [6.07, 6.45) is -0.0487. The van der Waals surface area contributed by atoms with Gasteiger partial charge in [-0.05, 0) is 57.4 Å². The highest BCUT2D eigenvalue weighted by molar-refractivity contribution is 9.10. The molecule has 120 valence electrons. The Morgan fingerprint density at radius 2 is 1.86 bits per heavy atom. The maximum atomic E-state index is 12.8. The molecule has 1 saturated heterocycles. The molecule has 1 aliphatic rings. The van der Waals surface area contributed by atoms with Gasteiger partial charge in [0.15, 0.2) is 0 Å². The molecule has 0 spiro atoms. The molecule has 1 fully saturated rings. The zero-order valence-corrected chi connectivity index (χ0v) is 14.6. The molecule has 5 nitrogen and oxygen atoms in total. The highest BCUT2D eigenvalue weighted by Crippen LogP contribution is 2.29. The number of carbonyl (C=O) groups is 2. The van der Waals surface area contributed by atoms with E-state index in [1.165, 1.54) is 0 Å². The van der Waals surface area contributed by atoms with Crippen LogP contribution in [0.15, 0.2) is 28.7 Å². The van der Waals surface area contributed by atoms with E-state index in [9.17, 15) is 14.7 Å². The molecule has 2 rings (SSSR count). The summed E-state index contributed by atoms with van der Waals surface area (Å²) in [5.74, 6) is -1.23. The Bertz CT molecular complexity index is 566. The molecule has 0 radical (unpaired) electrons. The van der Waals surface area contributed by atoms with Crippen LogP contribution in [0.2, 0.25) is 0 Å². The summed E-state index contributed by atoms with van der Waals surface area (Å²) in [6, 6.07) is 7.34. The first-order valence-electron chi connectivity index (χ1n) is 7.23. The lowest BCUT2D eigenvalue weighted by Gasteiger charge is -2.46. The van der Waals surface area contributed by atoms with Gasteiger partial charge in [-0.25, -0.2) is 4.79 Å². The number of rotatable bonds is 3. The second-order valence-electron chi connectivity index (χ2n) is 6.59. The highest BCUT2D eigenvalue weighted by Gasteiger charge is 2.38. The van der Waals surface area contributed by atoms with Crippen molar-refractivity contribution in [3.8, 4) is 0 Å². The lowest BCUT2D eigenvalue weighted by atomic mass is 9.96. The second-order valence-corrected chi connectivity index (χ2v) is 7.51. The van der Waals surface area contributed by atoms with Crippen molar-refractivity contribution in [3.05, 3.63) is 28.7 Å². The summed E-state index contributed by atoms with van der Waals surface area (Å²) < 4.78 is 0.930. The van der Waals surface area contributed by atoms with Gasteiger partial charge in [-0.15, -0.1) is 0 Å². The van der Waals surface area contributed by atoms with Gasteiger partial charge in [-0.1, -0.05) is 15.9 Å². The lowest BCUT2D eigenvalue weighted by molar-refractivity contribution is -0.306. The number of halogens is 1. The molecule has 1 unspecified atom stereocenters. The van der Waals surface area contributed by atoms with Crippen molar-refractivity contribution in [1.82, 2.24) is 4.90 Å². The third-order valence-electron chi connectivity index (χ3n) is 3.75. The molecule has 0 bridgehead atoms. The second kappa shape index (κ2) is 6.28. The number of carbonyl (C=O) groups excluding carboxylic acids is 2. The summed E-state index contributed by atoms with van der Waals surface area (Å²) in [7, 11) is 0. The van der Waals surface area contributed by atoms with Gasteiger partial charge in [-0.2, -0.15) is 0 Å². The van der Waals surface area contributed by atoms with E-state index in [2.05, 4.69) is 15.9 Å². The normalized spacial score (nSPS) is 19.5. The number of hydrogen-bond acceptors (Lipinski definition) is 3. The van der Waals surface area contributed by atoms with Gasteiger partial charge in [0, 0.05) is 34.8 Å². The van der Waals surface area contributed by atoms with Crippen LogP contribution < -0.4 is 10.0 Å². The van der Waals surface area contributed by atoms with Crippen molar-refractivity contribution < 1.29 is 14.7 Å². The van der Waals surface area contributed by atoms with E-state index in [0.29, 0.717) is 13.1 Å². The number of carboxylic acids is 1. The SMILES string of the molecule is CC(C)(C)N1CC(CC(=O)[O-])CN(c2ccc(Br)cc2)C1=O. The Morgan fingerprint density at radius 1 is 1.27 bits per heavy atom. The van der Waals surface area contributed by atoms with Crippen LogP contribution in [0.4, 0.5) is 10.5 Å². The van der Waals surface area contributed by atoms with E-state index in [1.807, 2.05) is 45.0 Å². The first-order valence-corrected chi connectivity index (χ1v) is 8.02. The van der Waals surface area contributed by atoms with Crippen LogP contribution >= 0.6 is 15.9 Å². The molecule has 6 heteroatoms. The largest absolute Gasteiger partial charge is 0.550 e. The molecule has 0 saturated carbocycles. The van der Waals surface area contributed by atoms with Crippen LogP contribution in [0, 0.1) is 5.92 Å². The van der Waals surface area contributed by atoms with Gasteiger partial charge in [0.2, 0.25) is 0 Å². The number of urea groups is 1. The molecule has 0 aliphatic carbocycles. The van der Waals surface area contributed by atoms with Crippen LogP contribution in [0.1, 0.15) is 27.2 Å². The Kier molecular flexibility index (Phi) is 4.80. The number of aliphatic carboxylic acids is 1. The number of carboxylic acid groups (broad SMARTS) is 1. The van der Waals surface area contributed by atoms with Gasteiger partial charge < -0.3 is 14.8 Å². The third-order valence-corrected chi connectivity index (χ3v) is 4.28. The van der Waals surface area contributed by atoms with Crippen molar-refractivity contribution >= 4 is 33.6 Å². The third kappa shape index (κ3) is 3.80. The van der Waals surface area contributed by atoms with E-state index >= 15 is 0 Å². The first-order chi connectivity index (χ1) is 10.2. The fourth-order valence-corrected chi connectivity index (χ4v) is 2.90. The van der Waals surface area contributed by atoms with Crippen LogP contribution in [-0.4, -0.2) is 35.5 Å². The number of benzene rings is 1. The van der Waals surface area contributed by atoms with Crippen LogP contribution in [0.25, 0.3) is 0 Å². The molecular weight excluding hydrogens is 348 g/mol. The van der Waals surface area contributed by atoms with E-state index < -0.39 is 5.97 Å². The molecule has 2 amide bonds. The predicted molar refractivity (Wildman–Crippen MR) is 86.5 cm³/mol. The maximum absolute atomic E-state index is 12.8. The average Bonchev–Trinajstić information content (AvgIpc) is 2.40. The number of hydrogen-bond donors (Lipinski definition) is 0. The van der Waals surface area contributed by atoms with Gasteiger partial charge in [0.25, 0.3) is 0 Å². The molecule has 1 atom stereocenters. The van der Waals surface area contributed by atoms with Gasteiger partial charge in [0.1, 0.15) is 0 Å². The Labute approximate surface area is 139 Å². The predicted octanol–water partition coefficient (Wildman–Crippen LogP) is 2.25. The van der Waals surface area contributed by atoms with Crippen LogP contribution in [-0.2, 0) is 4.79 Å². The molecule has 0 N–H and O–H groups in total. The zero-order valence-electron chi connectivity index (χ0n) is 13.0. The van der Waals surface area contributed by atoms with Crippen molar-refractivity contribution in [2.75, 3.05) is 18.0 Å². The lowest BCUT2D eigenvalue weighted by Crippen LogP contribution is -2.60. The van der Waals surface area contributed by atoms with Crippen LogP contribution in [0.5, 0.6) is 0 Å². The monoisotopic (exact) mass is 367 g/mol. The van der Waals surface area contributed by atoms with E-state index in [4.69, 9.17) is 0 Å². The Morgan fingerprint density at radius 3 is 2.36 bits per heavy atom. The fourth-order valence-electron chi connectivity index (χ4n) is 2.64. The molecule has 1 heterocycles. The summed E-state index contributed by atoms with van der Waals surface area (Å²) in [6.45, 7) is 6.68. The van der Waals surface area contributed by atoms with Crippen molar-refractivity contribution in [3.63, 3.8) is 0 Å². The van der Waals surface area contributed by atoms with Gasteiger partial charge >= 0.3 is 6.03 Å². The van der Waals surface area contributed by atoms with Gasteiger partial charge in [-0.3, -0.25) is 4.90 Å². The molecular formula is C16H20BrN2O3-. The molecule has 0 aromatic heterocycles. The standard InChI is InChI=1S/C16H21BrN2O3/c1-16(2,3)19-10-11(8-14(20)21)9-18(15(19)22)13-6-4-12(17)5-7-13/h4-7,11H,8-10H2,1-3H3,(H,20,21)/p-1.